The Morgan fingerprint density at radius 2 is 1.96 bits per heavy atom. The van der Waals surface area contributed by atoms with E-state index in [0.29, 0.717) is 19.1 Å². The summed E-state index contributed by atoms with van der Waals surface area (Å²) >= 11 is 0. The van der Waals surface area contributed by atoms with Gasteiger partial charge in [0.15, 0.2) is 0 Å². The van der Waals surface area contributed by atoms with Gasteiger partial charge in [0.05, 0.1) is 19.8 Å². The van der Waals surface area contributed by atoms with Gasteiger partial charge in [-0.2, -0.15) is 0 Å². The summed E-state index contributed by atoms with van der Waals surface area (Å²) in [5, 5.41) is 0. The molecule has 1 aromatic carbocycles. The largest absolute Gasteiger partial charge is 0.381 e. The molecule has 3 rings (SSSR count). The van der Waals surface area contributed by atoms with Crippen LogP contribution in [0.1, 0.15) is 37.9 Å². The molecule has 3 heteroatoms. The van der Waals surface area contributed by atoms with Crippen molar-refractivity contribution in [3.8, 4) is 0 Å². The van der Waals surface area contributed by atoms with Crippen LogP contribution in [0.3, 0.4) is 0 Å². The van der Waals surface area contributed by atoms with Crippen LogP contribution in [0.15, 0.2) is 54.1 Å². The zero-order chi connectivity index (χ0) is 16.6. The van der Waals surface area contributed by atoms with Crippen molar-refractivity contribution in [1.82, 2.24) is 0 Å². The van der Waals surface area contributed by atoms with Crippen LogP contribution in [-0.4, -0.2) is 32.5 Å². The van der Waals surface area contributed by atoms with Crippen LogP contribution in [0.5, 0.6) is 0 Å². The molecule has 0 amide bonds. The normalized spacial score (nSPS) is 27.0. The number of ether oxygens (including phenoxy) is 3. The maximum Gasteiger partial charge on any atom is 0.107 e. The first-order valence-electron chi connectivity index (χ1n) is 9.10. The number of allylic oxidation sites excluding steroid dienone is 2. The van der Waals surface area contributed by atoms with Crippen molar-refractivity contribution in [1.29, 1.82) is 0 Å². The van der Waals surface area contributed by atoms with E-state index in [1.54, 1.807) is 0 Å². The van der Waals surface area contributed by atoms with Gasteiger partial charge in [-0.25, -0.2) is 0 Å². The van der Waals surface area contributed by atoms with Crippen LogP contribution in [-0.2, 0) is 14.2 Å². The van der Waals surface area contributed by atoms with Gasteiger partial charge in [0, 0.05) is 12.5 Å². The number of hydrogen-bond donors (Lipinski definition) is 0. The Hall–Kier alpha value is -1.42. The van der Waals surface area contributed by atoms with Crippen LogP contribution in [0.25, 0.3) is 0 Å². The topological polar surface area (TPSA) is 27.7 Å². The van der Waals surface area contributed by atoms with E-state index in [1.807, 2.05) is 6.07 Å². The van der Waals surface area contributed by atoms with Gasteiger partial charge in [-0.15, -0.1) is 0 Å². The molecule has 130 valence electrons. The summed E-state index contributed by atoms with van der Waals surface area (Å²) in [7, 11) is 0. The molecule has 0 N–H and O–H groups in total. The van der Waals surface area contributed by atoms with Crippen molar-refractivity contribution in [3.63, 3.8) is 0 Å². The average molecular weight is 328 g/mol. The Morgan fingerprint density at radius 1 is 1.12 bits per heavy atom. The standard InChI is InChI=1S/C21H28O3/c1-2-3-12-22-14-17-8-7-11-19(13-17)21-16-23-15-20(24-21)18-9-5-4-6-10-18/h4-11,17,20-21H,2-3,12-16H2,1H3. The van der Waals surface area contributed by atoms with Crippen molar-refractivity contribution in [2.45, 2.75) is 38.4 Å². The monoisotopic (exact) mass is 328 g/mol. The van der Waals surface area contributed by atoms with Gasteiger partial charge < -0.3 is 14.2 Å². The highest BCUT2D eigenvalue weighted by Crippen LogP contribution is 2.30. The first kappa shape index (κ1) is 17.4. The van der Waals surface area contributed by atoms with Crippen LogP contribution in [0.4, 0.5) is 0 Å². The summed E-state index contributed by atoms with van der Waals surface area (Å²) in [5.41, 5.74) is 2.51. The molecule has 24 heavy (non-hydrogen) atoms. The minimum atomic E-state index is 0.0241. The highest BCUT2D eigenvalue weighted by atomic mass is 16.6. The van der Waals surface area contributed by atoms with Crippen molar-refractivity contribution in [2.24, 2.45) is 5.92 Å². The first-order chi connectivity index (χ1) is 11.9. The highest BCUT2D eigenvalue weighted by molar-refractivity contribution is 5.25. The summed E-state index contributed by atoms with van der Waals surface area (Å²) in [6.07, 6.45) is 9.96. The van der Waals surface area contributed by atoms with Crippen LogP contribution >= 0.6 is 0 Å². The average Bonchev–Trinajstić information content (AvgIpc) is 2.66. The third-order valence-corrected chi connectivity index (χ3v) is 4.62. The quantitative estimate of drug-likeness (QED) is 0.692. The van der Waals surface area contributed by atoms with E-state index < -0.39 is 0 Å². The summed E-state index contributed by atoms with van der Waals surface area (Å²) in [5.74, 6) is 0.447. The van der Waals surface area contributed by atoms with E-state index in [-0.39, 0.29) is 12.2 Å². The van der Waals surface area contributed by atoms with Crippen molar-refractivity contribution < 1.29 is 14.2 Å². The number of unbranched alkanes of at least 4 members (excludes halogenated alkanes) is 1. The molecular formula is C21H28O3. The maximum absolute atomic E-state index is 6.34. The maximum atomic E-state index is 6.34. The molecule has 1 saturated heterocycles. The van der Waals surface area contributed by atoms with Gasteiger partial charge in [0.2, 0.25) is 0 Å². The SMILES string of the molecule is CCCCOCC1C=CC=C(C2COCC(c3ccccc3)O2)C1. The fourth-order valence-corrected chi connectivity index (χ4v) is 3.21. The van der Waals surface area contributed by atoms with Gasteiger partial charge >= 0.3 is 0 Å². The summed E-state index contributed by atoms with van der Waals surface area (Å²) in [4.78, 5) is 0. The van der Waals surface area contributed by atoms with E-state index in [0.717, 1.165) is 26.1 Å². The molecule has 0 aromatic heterocycles. The van der Waals surface area contributed by atoms with Crippen molar-refractivity contribution >= 4 is 0 Å². The van der Waals surface area contributed by atoms with Gasteiger partial charge in [0.25, 0.3) is 0 Å². The molecule has 1 aliphatic heterocycles. The van der Waals surface area contributed by atoms with E-state index >= 15 is 0 Å². The predicted octanol–water partition coefficient (Wildman–Crippen LogP) is 4.46. The molecule has 1 aromatic rings. The first-order valence-corrected chi connectivity index (χ1v) is 9.10. The van der Waals surface area contributed by atoms with E-state index in [4.69, 9.17) is 14.2 Å². The second-order valence-corrected chi connectivity index (χ2v) is 6.58. The molecule has 1 fully saturated rings. The second kappa shape index (κ2) is 9.16. The molecule has 1 heterocycles. The molecule has 0 bridgehead atoms. The smallest absolute Gasteiger partial charge is 0.107 e. The second-order valence-electron chi connectivity index (χ2n) is 6.58. The summed E-state index contributed by atoms with van der Waals surface area (Å²) in [6, 6.07) is 10.3. The van der Waals surface area contributed by atoms with Crippen molar-refractivity contribution in [3.05, 3.63) is 59.7 Å². The van der Waals surface area contributed by atoms with Crippen LogP contribution in [0, 0.1) is 5.92 Å². The number of benzene rings is 1. The van der Waals surface area contributed by atoms with E-state index in [1.165, 1.54) is 17.6 Å². The lowest BCUT2D eigenvalue weighted by molar-refractivity contribution is -0.127. The fourth-order valence-electron chi connectivity index (χ4n) is 3.21. The lowest BCUT2D eigenvalue weighted by Gasteiger charge is -2.33. The van der Waals surface area contributed by atoms with Gasteiger partial charge in [-0.3, -0.25) is 0 Å². The number of hydrogen-bond acceptors (Lipinski definition) is 3. The summed E-state index contributed by atoms with van der Waals surface area (Å²) in [6.45, 7) is 5.12. The lowest BCUT2D eigenvalue weighted by Crippen LogP contribution is -2.34. The Kier molecular flexibility index (Phi) is 6.65. The van der Waals surface area contributed by atoms with Crippen LogP contribution < -0.4 is 0 Å². The van der Waals surface area contributed by atoms with Gasteiger partial charge in [0.1, 0.15) is 12.2 Å². The Labute approximate surface area is 145 Å². The highest BCUT2D eigenvalue weighted by Gasteiger charge is 2.28. The number of rotatable bonds is 7. The third kappa shape index (κ3) is 4.79. The molecule has 0 radical (unpaired) electrons. The molecule has 3 nitrogen and oxygen atoms in total. The minimum Gasteiger partial charge on any atom is -0.381 e. The molecule has 3 atom stereocenters. The zero-order valence-corrected chi connectivity index (χ0v) is 14.5. The third-order valence-electron chi connectivity index (χ3n) is 4.62. The Morgan fingerprint density at radius 3 is 2.79 bits per heavy atom. The Bertz CT molecular complexity index is 549. The molecule has 2 aliphatic rings. The van der Waals surface area contributed by atoms with E-state index in [2.05, 4.69) is 49.4 Å². The fraction of sp³-hybridized carbons (Fsp3) is 0.524. The molecule has 1 aliphatic carbocycles. The summed E-state index contributed by atoms with van der Waals surface area (Å²) < 4.78 is 18.0. The molecule has 0 saturated carbocycles. The van der Waals surface area contributed by atoms with Crippen molar-refractivity contribution in [2.75, 3.05) is 26.4 Å². The molecule has 3 unspecified atom stereocenters. The lowest BCUT2D eigenvalue weighted by atomic mass is 9.91. The van der Waals surface area contributed by atoms with E-state index in [9.17, 15) is 0 Å². The minimum absolute atomic E-state index is 0.0241. The predicted molar refractivity (Wildman–Crippen MR) is 95.9 cm³/mol. The zero-order valence-electron chi connectivity index (χ0n) is 14.5. The van der Waals surface area contributed by atoms with Gasteiger partial charge in [-0.1, -0.05) is 61.9 Å². The Balaban J connectivity index is 1.54. The van der Waals surface area contributed by atoms with Gasteiger partial charge in [-0.05, 0) is 24.0 Å². The van der Waals surface area contributed by atoms with Crippen LogP contribution in [0.2, 0.25) is 0 Å². The molecule has 0 spiro atoms. The molecular weight excluding hydrogens is 300 g/mol.